The Hall–Kier alpha value is -3.16. The predicted octanol–water partition coefficient (Wildman–Crippen LogP) is 4.46. The van der Waals surface area contributed by atoms with Crippen LogP contribution in [-0.2, 0) is 16.0 Å². The third kappa shape index (κ3) is 5.00. The number of likely N-dealkylation sites (N-methyl/N-ethyl adjacent to an activating group) is 1. The van der Waals surface area contributed by atoms with Gasteiger partial charge in [0.15, 0.2) is 11.6 Å². The lowest BCUT2D eigenvalue weighted by Crippen LogP contribution is -2.48. The molecular weight excluding hydrogens is 496 g/mol. The van der Waals surface area contributed by atoms with Crippen LogP contribution < -0.4 is 10.1 Å². The molecule has 176 valence electrons. The van der Waals surface area contributed by atoms with E-state index < -0.39 is 11.6 Å². The maximum Gasteiger partial charge on any atom is 0.252 e. The lowest BCUT2D eigenvalue weighted by atomic mass is 9.82. The molecule has 0 aliphatic carbocycles. The summed E-state index contributed by atoms with van der Waals surface area (Å²) in [6.07, 6.45) is 0.323. The van der Waals surface area contributed by atoms with Gasteiger partial charge in [0, 0.05) is 42.1 Å². The molecule has 0 spiro atoms. The van der Waals surface area contributed by atoms with Crippen LogP contribution in [0.5, 0.6) is 5.75 Å². The van der Waals surface area contributed by atoms with E-state index >= 15 is 0 Å². The average Bonchev–Trinajstić information content (AvgIpc) is 3.25. The number of hydrogen-bond acceptors (Lipinski definition) is 5. The molecule has 2 atom stereocenters. The van der Waals surface area contributed by atoms with Crippen LogP contribution in [0.4, 0.5) is 0 Å². The highest BCUT2D eigenvalue weighted by atomic mass is 79.9. The summed E-state index contributed by atoms with van der Waals surface area (Å²) in [6, 6.07) is 25.0. The van der Waals surface area contributed by atoms with Crippen LogP contribution in [0.25, 0.3) is 0 Å². The number of amides is 1. The van der Waals surface area contributed by atoms with E-state index in [4.69, 9.17) is 19.6 Å². The Labute approximate surface area is 207 Å². The van der Waals surface area contributed by atoms with Crippen molar-refractivity contribution in [2.45, 2.75) is 24.5 Å². The first-order valence-corrected chi connectivity index (χ1v) is 12.0. The van der Waals surface area contributed by atoms with E-state index in [2.05, 4.69) is 21.2 Å². The minimum atomic E-state index is -1.19. The monoisotopic (exact) mass is 522 g/mol. The molecule has 1 aliphatic rings. The van der Waals surface area contributed by atoms with Crippen LogP contribution in [0, 0.1) is 0 Å². The van der Waals surface area contributed by atoms with E-state index in [-0.39, 0.29) is 12.5 Å². The maximum atomic E-state index is 13.5. The van der Waals surface area contributed by atoms with Gasteiger partial charge < -0.3 is 19.9 Å². The van der Waals surface area contributed by atoms with Crippen molar-refractivity contribution in [3.8, 4) is 5.75 Å². The third-order valence-electron chi connectivity index (χ3n) is 5.76. The number of benzene rings is 3. The van der Waals surface area contributed by atoms with E-state index in [1.165, 1.54) is 0 Å². The summed E-state index contributed by atoms with van der Waals surface area (Å²) in [6.45, 7) is 0.524. The van der Waals surface area contributed by atoms with Crippen molar-refractivity contribution in [1.29, 1.82) is 0 Å². The number of carbonyl (C=O) groups excluding carboxylic acids is 1. The number of halogens is 1. The second-order valence-electron chi connectivity index (χ2n) is 8.05. The van der Waals surface area contributed by atoms with Gasteiger partial charge in [0.25, 0.3) is 5.91 Å². The Morgan fingerprint density at radius 3 is 2.47 bits per heavy atom. The van der Waals surface area contributed by atoms with Gasteiger partial charge in [-0.3, -0.25) is 4.79 Å². The summed E-state index contributed by atoms with van der Waals surface area (Å²) in [5, 5.41) is 11.8. The number of nitrogens with zero attached hydrogens (tertiary/aromatic N) is 1. The summed E-state index contributed by atoms with van der Waals surface area (Å²) in [5.41, 5.74) is 1.41. The highest BCUT2D eigenvalue weighted by Crippen LogP contribution is 2.44. The molecule has 0 saturated heterocycles. The molecule has 1 aliphatic heterocycles. The third-order valence-corrected chi connectivity index (χ3v) is 6.48. The van der Waals surface area contributed by atoms with E-state index in [1.807, 2.05) is 78.9 Å². The first-order chi connectivity index (χ1) is 16.6. The van der Waals surface area contributed by atoms with Crippen molar-refractivity contribution in [3.63, 3.8) is 0 Å². The Morgan fingerprint density at radius 2 is 1.79 bits per heavy atom. The lowest BCUT2D eigenvalue weighted by Gasteiger charge is -2.30. The molecule has 0 unspecified atom stereocenters. The number of ether oxygens (including phenoxy) is 2. The summed E-state index contributed by atoms with van der Waals surface area (Å²) >= 11 is 3.63. The predicted molar refractivity (Wildman–Crippen MR) is 135 cm³/mol. The molecule has 4 rings (SSSR count). The number of aliphatic hydroxyl groups excluding tert-OH is 1. The Bertz CT molecular complexity index is 1150. The molecule has 6 nitrogen and oxygen atoms in total. The van der Waals surface area contributed by atoms with Gasteiger partial charge in [0.2, 0.25) is 5.90 Å². The van der Waals surface area contributed by atoms with Crippen molar-refractivity contribution < 1.29 is 19.4 Å². The molecule has 0 saturated carbocycles. The van der Waals surface area contributed by atoms with E-state index in [0.29, 0.717) is 31.1 Å². The quantitative estimate of drug-likeness (QED) is 0.406. The van der Waals surface area contributed by atoms with Crippen LogP contribution in [0.1, 0.15) is 29.2 Å². The molecular formula is C27H27BrN2O4. The van der Waals surface area contributed by atoms with E-state index in [1.54, 1.807) is 7.05 Å². The van der Waals surface area contributed by atoms with Crippen molar-refractivity contribution in [2.24, 2.45) is 4.99 Å². The number of nitrogens with one attached hydrogen (secondary N) is 1. The summed E-state index contributed by atoms with van der Waals surface area (Å²) in [4.78, 5) is 18.4. The smallest absolute Gasteiger partial charge is 0.252 e. The van der Waals surface area contributed by atoms with E-state index in [9.17, 15) is 4.79 Å². The number of rotatable bonds is 9. The number of aliphatic imine (C=N–C) groups is 1. The molecule has 3 aromatic rings. The first-order valence-electron chi connectivity index (χ1n) is 11.2. The topological polar surface area (TPSA) is 80.2 Å². The molecule has 1 amide bonds. The van der Waals surface area contributed by atoms with Gasteiger partial charge in [-0.05, 0) is 35.9 Å². The zero-order valence-electron chi connectivity index (χ0n) is 18.9. The Morgan fingerprint density at radius 1 is 1.09 bits per heavy atom. The Balaban J connectivity index is 1.75. The van der Waals surface area contributed by atoms with Gasteiger partial charge in [-0.2, -0.15) is 0 Å². The van der Waals surface area contributed by atoms with E-state index in [0.717, 1.165) is 21.2 Å². The maximum absolute atomic E-state index is 13.5. The molecule has 34 heavy (non-hydrogen) atoms. The van der Waals surface area contributed by atoms with Gasteiger partial charge in [0.1, 0.15) is 5.75 Å². The molecule has 2 N–H and O–H groups in total. The first kappa shape index (κ1) is 24.0. The van der Waals surface area contributed by atoms with Crippen LogP contribution in [0.2, 0.25) is 0 Å². The molecule has 7 heteroatoms. The van der Waals surface area contributed by atoms with Crippen LogP contribution in [0.15, 0.2) is 88.3 Å². The zero-order chi connectivity index (χ0) is 24.0. The average molecular weight is 523 g/mol. The van der Waals surface area contributed by atoms with Gasteiger partial charge in [-0.1, -0.05) is 64.5 Å². The minimum Gasteiger partial charge on any atom is -0.494 e. The van der Waals surface area contributed by atoms with Crippen molar-refractivity contribution in [1.82, 2.24) is 5.32 Å². The highest BCUT2D eigenvalue weighted by molar-refractivity contribution is 9.10. The largest absolute Gasteiger partial charge is 0.494 e. The van der Waals surface area contributed by atoms with Crippen molar-refractivity contribution in [2.75, 3.05) is 20.3 Å². The molecule has 0 aromatic heterocycles. The molecule has 0 bridgehead atoms. The van der Waals surface area contributed by atoms with Gasteiger partial charge in [-0.25, -0.2) is 4.99 Å². The summed E-state index contributed by atoms with van der Waals surface area (Å²) < 4.78 is 12.9. The molecule has 1 heterocycles. The van der Waals surface area contributed by atoms with Crippen LogP contribution in [0.3, 0.4) is 0 Å². The molecule has 3 aromatic carbocycles. The van der Waals surface area contributed by atoms with Gasteiger partial charge in [0.05, 0.1) is 6.61 Å². The summed E-state index contributed by atoms with van der Waals surface area (Å²) in [7, 11) is 1.62. The Kier molecular flexibility index (Phi) is 7.65. The van der Waals surface area contributed by atoms with Crippen LogP contribution >= 0.6 is 15.9 Å². The van der Waals surface area contributed by atoms with Gasteiger partial charge in [-0.15, -0.1) is 0 Å². The second kappa shape index (κ2) is 10.8. The number of aliphatic hydroxyl groups is 1. The fourth-order valence-electron chi connectivity index (χ4n) is 4.07. The molecule has 0 fully saturated rings. The van der Waals surface area contributed by atoms with Crippen molar-refractivity contribution >= 4 is 27.7 Å². The van der Waals surface area contributed by atoms with Crippen LogP contribution in [-0.4, -0.2) is 42.7 Å². The lowest BCUT2D eigenvalue weighted by molar-refractivity contribution is -0.128. The fourth-order valence-corrected chi connectivity index (χ4v) is 4.56. The van der Waals surface area contributed by atoms with Crippen molar-refractivity contribution in [3.05, 3.63) is 100 Å². The highest BCUT2D eigenvalue weighted by Gasteiger charge is 2.53. The normalized spacial score (nSPS) is 19.3. The second-order valence-corrected chi connectivity index (χ2v) is 8.91. The zero-order valence-corrected chi connectivity index (χ0v) is 20.5. The number of carbonyl (C=O) groups is 1. The minimum absolute atomic E-state index is 0.0855. The standard InChI is InChI=1S/C27H27BrN2O4/c1-29-26(32)27(18-19-8-3-2-4-9-19)24(22-10-5-6-11-23(22)28)34-25(30-27)20-12-14-21(15-13-20)33-17-7-16-31/h2-6,8-15,24,31H,7,16-18H2,1H3,(H,29,32)/t24-,27-/m1/s1. The fraction of sp³-hybridized carbons (Fsp3) is 0.259. The number of hydrogen-bond donors (Lipinski definition) is 2. The summed E-state index contributed by atoms with van der Waals surface area (Å²) in [5.74, 6) is 0.887. The SMILES string of the molecule is CNC(=O)[C@]1(Cc2ccccc2)N=C(c2ccc(OCCCO)cc2)O[C@@H]1c1ccccc1Br. The molecule has 0 radical (unpaired) electrons. The van der Waals surface area contributed by atoms with Gasteiger partial charge >= 0.3 is 0 Å².